The molecule has 1 aliphatic rings. The Hall–Kier alpha value is -2.63. The molecule has 6 heteroatoms. The molecule has 0 amide bonds. The number of halogens is 2. The molecule has 2 aromatic rings. The lowest BCUT2D eigenvalue weighted by Gasteiger charge is -2.26. The summed E-state index contributed by atoms with van der Waals surface area (Å²) in [5.41, 5.74) is 6.92. The first-order chi connectivity index (χ1) is 10.0. The van der Waals surface area contributed by atoms with Gasteiger partial charge in [-0.25, -0.2) is 8.78 Å². The third-order valence-electron chi connectivity index (χ3n) is 3.36. The van der Waals surface area contributed by atoms with Gasteiger partial charge in [0.2, 0.25) is 0 Å². The predicted octanol–water partition coefficient (Wildman–Crippen LogP) is 2.55. The lowest BCUT2D eigenvalue weighted by molar-refractivity contribution is 0.467. The van der Waals surface area contributed by atoms with Crippen LogP contribution in [0.25, 0.3) is 0 Å². The minimum atomic E-state index is -0.547. The normalized spacial score (nSPS) is 17.9. The van der Waals surface area contributed by atoms with Gasteiger partial charge in [-0.2, -0.15) is 0 Å². The molecule has 4 nitrogen and oxygen atoms in total. The van der Waals surface area contributed by atoms with Crippen LogP contribution in [0.15, 0.2) is 47.5 Å². The number of phenols is 1. The van der Waals surface area contributed by atoms with Gasteiger partial charge in [0.25, 0.3) is 0 Å². The Morgan fingerprint density at radius 2 is 1.95 bits per heavy atom. The van der Waals surface area contributed by atoms with Crippen LogP contribution in [-0.2, 0) is 0 Å². The van der Waals surface area contributed by atoms with Crippen LogP contribution in [0.5, 0.6) is 5.75 Å². The molecule has 0 aromatic heterocycles. The van der Waals surface area contributed by atoms with Gasteiger partial charge in [-0.1, -0.05) is 6.07 Å². The van der Waals surface area contributed by atoms with E-state index in [-0.39, 0.29) is 17.8 Å². The second-order valence-corrected chi connectivity index (χ2v) is 4.81. The van der Waals surface area contributed by atoms with Crippen LogP contribution >= 0.6 is 0 Å². The number of nitrogens with two attached hydrogens (primary N) is 1. The van der Waals surface area contributed by atoms with Crippen molar-refractivity contribution in [3.63, 3.8) is 0 Å². The van der Waals surface area contributed by atoms with Gasteiger partial charge in [0.1, 0.15) is 17.4 Å². The van der Waals surface area contributed by atoms with Crippen molar-refractivity contribution in [2.45, 2.75) is 6.04 Å². The Morgan fingerprint density at radius 1 is 1.14 bits per heavy atom. The maximum Gasteiger partial charge on any atom is 0.196 e. The fourth-order valence-electron chi connectivity index (χ4n) is 2.48. The number of hydrogen-bond donors (Lipinski definition) is 2. The molecule has 108 valence electrons. The average Bonchev–Trinajstić information content (AvgIpc) is 2.79. The second-order valence-electron chi connectivity index (χ2n) is 4.81. The second kappa shape index (κ2) is 5.05. The summed E-state index contributed by atoms with van der Waals surface area (Å²) in [6.45, 7) is 0.311. The average molecular weight is 289 g/mol. The van der Waals surface area contributed by atoms with Gasteiger partial charge in [-0.05, 0) is 35.9 Å². The number of phenolic OH excluding ortho intramolecular Hbond substituents is 1. The molecule has 2 aromatic carbocycles. The van der Waals surface area contributed by atoms with Crippen LogP contribution in [0.3, 0.4) is 0 Å². The zero-order valence-electron chi connectivity index (χ0n) is 11.0. The Morgan fingerprint density at radius 3 is 2.67 bits per heavy atom. The number of nitrogens with zero attached hydrogens (tertiary/aromatic N) is 2. The highest BCUT2D eigenvalue weighted by Gasteiger charge is 2.29. The molecule has 1 atom stereocenters. The van der Waals surface area contributed by atoms with Crippen molar-refractivity contribution in [2.75, 3.05) is 11.4 Å². The van der Waals surface area contributed by atoms with Crippen LogP contribution < -0.4 is 10.6 Å². The van der Waals surface area contributed by atoms with E-state index in [1.165, 1.54) is 24.3 Å². The zero-order chi connectivity index (χ0) is 15.0. The van der Waals surface area contributed by atoms with Crippen LogP contribution in [0, 0.1) is 11.6 Å². The standard InChI is InChI=1S/C15H13F2N3O/c16-10-2-1-3-12(6-10)20-14(8-19-15(20)18)9-4-11(17)7-13(21)5-9/h1-7,14,21H,8H2,(H2,18,19). The minimum absolute atomic E-state index is 0.172. The maximum atomic E-state index is 13.5. The highest BCUT2D eigenvalue weighted by molar-refractivity contribution is 5.97. The Kier molecular flexibility index (Phi) is 3.21. The SMILES string of the molecule is NC1=NCC(c2cc(O)cc(F)c2)N1c1cccc(F)c1. The van der Waals surface area contributed by atoms with E-state index in [2.05, 4.69) is 4.99 Å². The fraction of sp³-hybridized carbons (Fsp3) is 0.133. The van der Waals surface area contributed by atoms with Gasteiger partial charge in [0.05, 0.1) is 12.6 Å². The van der Waals surface area contributed by atoms with Gasteiger partial charge in [0, 0.05) is 11.8 Å². The van der Waals surface area contributed by atoms with Gasteiger partial charge < -0.3 is 15.7 Å². The fourth-order valence-corrected chi connectivity index (χ4v) is 2.48. The monoisotopic (exact) mass is 289 g/mol. The molecular formula is C15H13F2N3O. The van der Waals surface area contributed by atoms with E-state index in [0.29, 0.717) is 17.8 Å². The first-order valence-corrected chi connectivity index (χ1v) is 6.39. The molecule has 0 fully saturated rings. The van der Waals surface area contributed by atoms with E-state index in [9.17, 15) is 13.9 Å². The van der Waals surface area contributed by atoms with E-state index in [1.807, 2.05) is 0 Å². The Bertz CT molecular complexity index is 698. The smallest absolute Gasteiger partial charge is 0.196 e. The van der Waals surface area contributed by atoms with Crippen LogP contribution in [-0.4, -0.2) is 17.6 Å². The third-order valence-corrected chi connectivity index (χ3v) is 3.36. The van der Waals surface area contributed by atoms with Crippen molar-refractivity contribution in [3.05, 3.63) is 59.7 Å². The van der Waals surface area contributed by atoms with E-state index >= 15 is 0 Å². The van der Waals surface area contributed by atoms with Gasteiger partial charge >= 0.3 is 0 Å². The molecule has 3 N–H and O–H groups in total. The van der Waals surface area contributed by atoms with Gasteiger partial charge in [0.15, 0.2) is 5.96 Å². The summed E-state index contributed by atoms with van der Waals surface area (Å²) in [4.78, 5) is 5.76. The van der Waals surface area contributed by atoms with Crippen molar-refractivity contribution in [1.82, 2.24) is 0 Å². The molecule has 0 saturated carbocycles. The van der Waals surface area contributed by atoms with Crippen molar-refractivity contribution < 1.29 is 13.9 Å². The number of hydrogen-bond acceptors (Lipinski definition) is 4. The number of benzene rings is 2. The van der Waals surface area contributed by atoms with E-state index in [1.54, 1.807) is 17.0 Å². The number of aromatic hydroxyl groups is 1. The molecule has 1 heterocycles. The number of aliphatic imine (C=N–C) groups is 1. The van der Waals surface area contributed by atoms with E-state index in [4.69, 9.17) is 5.73 Å². The van der Waals surface area contributed by atoms with Crippen LogP contribution in [0.1, 0.15) is 11.6 Å². The summed E-state index contributed by atoms with van der Waals surface area (Å²) in [7, 11) is 0. The molecule has 0 bridgehead atoms. The largest absolute Gasteiger partial charge is 0.508 e. The molecule has 0 aliphatic carbocycles. The predicted molar refractivity (Wildman–Crippen MR) is 76.2 cm³/mol. The van der Waals surface area contributed by atoms with E-state index < -0.39 is 11.6 Å². The summed E-state index contributed by atoms with van der Waals surface area (Å²) < 4.78 is 26.9. The molecule has 21 heavy (non-hydrogen) atoms. The summed E-state index contributed by atoms with van der Waals surface area (Å²) in [5, 5.41) is 9.53. The quantitative estimate of drug-likeness (QED) is 0.893. The molecule has 3 rings (SSSR count). The number of rotatable bonds is 2. The molecule has 0 saturated heterocycles. The minimum Gasteiger partial charge on any atom is -0.508 e. The van der Waals surface area contributed by atoms with Crippen LogP contribution in [0.2, 0.25) is 0 Å². The number of anilines is 1. The first kappa shape index (κ1) is 13.4. The number of guanidine groups is 1. The maximum absolute atomic E-state index is 13.5. The topological polar surface area (TPSA) is 61.9 Å². The van der Waals surface area contributed by atoms with Crippen molar-refractivity contribution >= 4 is 11.6 Å². The lowest BCUT2D eigenvalue weighted by Crippen LogP contribution is -2.36. The summed E-state index contributed by atoms with van der Waals surface area (Å²) in [6.07, 6.45) is 0. The van der Waals surface area contributed by atoms with Crippen molar-refractivity contribution in [2.24, 2.45) is 10.7 Å². The molecular weight excluding hydrogens is 276 g/mol. The molecule has 1 aliphatic heterocycles. The van der Waals surface area contributed by atoms with Gasteiger partial charge in [-0.15, -0.1) is 0 Å². The Labute approximate surface area is 120 Å². The van der Waals surface area contributed by atoms with Crippen LogP contribution in [0.4, 0.5) is 14.5 Å². The van der Waals surface area contributed by atoms with E-state index in [0.717, 1.165) is 6.07 Å². The third kappa shape index (κ3) is 2.52. The summed E-state index contributed by atoms with van der Waals surface area (Å²) in [6, 6.07) is 9.33. The highest BCUT2D eigenvalue weighted by Crippen LogP contribution is 2.33. The lowest BCUT2D eigenvalue weighted by atomic mass is 10.0. The molecule has 0 spiro atoms. The molecule has 1 unspecified atom stereocenters. The highest BCUT2D eigenvalue weighted by atomic mass is 19.1. The van der Waals surface area contributed by atoms with Gasteiger partial charge in [-0.3, -0.25) is 4.99 Å². The first-order valence-electron chi connectivity index (χ1n) is 6.39. The Balaban J connectivity index is 2.02. The van der Waals surface area contributed by atoms with Crippen molar-refractivity contribution in [1.29, 1.82) is 0 Å². The summed E-state index contributed by atoms with van der Waals surface area (Å²) in [5.74, 6) is -0.883. The van der Waals surface area contributed by atoms with Crippen molar-refractivity contribution in [3.8, 4) is 5.75 Å². The molecule has 0 radical (unpaired) electrons. The summed E-state index contributed by atoms with van der Waals surface area (Å²) >= 11 is 0. The zero-order valence-corrected chi connectivity index (χ0v) is 11.0.